The zero-order chi connectivity index (χ0) is 13.6. The van der Waals surface area contributed by atoms with E-state index in [4.69, 9.17) is 0 Å². The highest BCUT2D eigenvalue weighted by atomic mass is 32.2. The summed E-state index contributed by atoms with van der Waals surface area (Å²) in [6.45, 7) is -0.177. The van der Waals surface area contributed by atoms with E-state index in [-0.39, 0.29) is 25.2 Å². The summed E-state index contributed by atoms with van der Waals surface area (Å²) in [4.78, 5) is 10.9. The first-order chi connectivity index (χ1) is 8.43. The van der Waals surface area contributed by atoms with Crippen LogP contribution >= 0.6 is 0 Å². The molecule has 0 aromatic rings. The Hall–Kier alpha value is -0.660. The molecule has 1 rings (SSSR count). The van der Waals surface area contributed by atoms with E-state index in [1.807, 2.05) is 0 Å². The van der Waals surface area contributed by atoms with Crippen molar-refractivity contribution in [3.63, 3.8) is 0 Å². The Bertz CT molecular complexity index is 373. The Labute approximate surface area is 108 Å². The first-order valence-corrected chi connectivity index (χ1v) is 7.78. The summed E-state index contributed by atoms with van der Waals surface area (Å²) in [7, 11) is -2.19. The van der Waals surface area contributed by atoms with Crippen molar-refractivity contribution >= 4 is 16.0 Å². The van der Waals surface area contributed by atoms with Crippen molar-refractivity contribution < 1.29 is 23.1 Å². The van der Waals surface area contributed by atoms with Gasteiger partial charge in [0.05, 0.1) is 25.0 Å². The Morgan fingerprint density at radius 1 is 1.39 bits per heavy atom. The lowest BCUT2D eigenvalue weighted by molar-refractivity contribution is -0.140. The second kappa shape index (κ2) is 6.49. The molecule has 7 heteroatoms. The normalized spacial score (nSPS) is 18.8. The smallest absolute Gasteiger partial charge is 0.305 e. The van der Waals surface area contributed by atoms with E-state index in [0.29, 0.717) is 12.8 Å². The molecule has 1 fully saturated rings. The van der Waals surface area contributed by atoms with E-state index < -0.39 is 21.5 Å². The molecule has 1 aliphatic rings. The first kappa shape index (κ1) is 15.4. The van der Waals surface area contributed by atoms with Crippen LogP contribution in [0.5, 0.6) is 0 Å². The average molecular weight is 279 g/mol. The molecular weight excluding hydrogens is 258 g/mol. The van der Waals surface area contributed by atoms with E-state index in [9.17, 15) is 18.3 Å². The summed E-state index contributed by atoms with van der Waals surface area (Å²) in [5.74, 6) is -0.535. The van der Waals surface area contributed by atoms with Gasteiger partial charge >= 0.3 is 5.97 Å². The van der Waals surface area contributed by atoms with Crippen LogP contribution < -0.4 is 4.72 Å². The van der Waals surface area contributed by atoms with Crippen LogP contribution in [0.1, 0.15) is 38.5 Å². The lowest BCUT2D eigenvalue weighted by Gasteiger charge is -2.27. The SMILES string of the molecule is COC(=O)CCCS(=O)(=O)NC1(CO)CCCC1. The van der Waals surface area contributed by atoms with Crippen molar-refractivity contribution in [1.82, 2.24) is 4.72 Å². The highest BCUT2D eigenvalue weighted by molar-refractivity contribution is 7.89. The fourth-order valence-corrected chi connectivity index (χ4v) is 3.79. The number of aliphatic hydroxyl groups is 1. The van der Waals surface area contributed by atoms with Crippen LogP contribution in [0.25, 0.3) is 0 Å². The van der Waals surface area contributed by atoms with Gasteiger partial charge in [-0.2, -0.15) is 0 Å². The minimum atomic E-state index is -3.46. The van der Waals surface area contributed by atoms with Gasteiger partial charge in [-0.3, -0.25) is 4.79 Å². The van der Waals surface area contributed by atoms with Crippen molar-refractivity contribution in [2.75, 3.05) is 19.5 Å². The Balaban J connectivity index is 2.46. The monoisotopic (exact) mass is 279 g/mol. The molecule has 0 radical (unpaired) electrons. The number of methoxy groups -OCH3 is 1. The quantitative estimate of drug-likeness (QED) is 0.648. The van der Waals surface area contributed by atoms with Gasteiger partial charge in [0.15, 0.2) is 0 Å². The second-order valence-electron chi connectivity index (χ2n) is 4.75. The Morgan fingerprint density at radius 3 is 2.50 bits per heavy atom. The third kappa shape index (κ3) is 4.55. The molecular formula is C11H21NO5S. The highest BCUT2D eigenvalue weighted by Gasteiger charge is 2.36. The highest BCUT2D eigenvalue weighted by Crippen LogP contribution is 2.29. The zero-order valence-corrected chi connectivity index (χ0v) is 11.5. The molecule has 0 spiro atoms. The van der Waals surface area contributed by atoms with Crippen molar-refractivity contribution in [3.8, 4) is 0 Å². The molecule has 0 aromatic carbocycles. The standard InChI is InChI=1S/C11H21NO5S/c1-17-10(14)5-4-8-18(15,16)12-11(9-13)6-2-3-7-11/h12-13H,2-9H2,1H3. The summed E-state index contributed by atoms with van der Waals surface area (Å²) in [6, 6.07) is 0. The predicted molar refractivity (Wildman–Crippen MR) is 66.5 cm³/mol. The molecule has 0 saturated heterocycles. The van der Waals surface area contributed by atoms with Crippen LogP contribution in [0, 0.1) is 0 Å². The van der Waals surface area contributed by atoms with Crippen LogP contribution in [0.15, 0.2) is 0 Å². The molecule has 1 aliphatic carbocycles. The van der Waals surface area contributed by atoms with Crippen molar-refractivity contribution in [2.45, 2.75) is 44.1 Å². The number of nitrogens with one attached hydrogen (secondary N) is 1. The van der Waals surface area contributed by atoms with Gasteiger partial charge in [-0.15, -0.1) is 0 Å². The van der Waals surface area contributed by atoms with Crippen molar-refractivity contribution in [1.29, 1.82) is 0 Å². The van der Waals surface area contributed by atoms with E-state index in [1.165, 1.54) is 7.11 Å². The number of carbonyl (C=O) groups excluding carboxylic acids is 1. The van der Waals surface area contributed by atoms with E-state index in [0.717, 1.165) is 12.8 Å². The number of carbonyl (C=O) groups is 1. The lowest BCUT2D eigenvalue weighted by Crippen LogP contribution is -2.49. The van der Waals surface area contributed by atoms with Crippen LogP contribution in [-0.4, -0.2) is 44.5 Å². The van der Waals surface area contributed by atoms with Gasteiger partial charge in [-0.05, 0) is 19.3 Å². The number of ether oxygens (including phenoxy) is 1. The maximum atomic E-state index is 11.8. The second-order valence-corrected chi connectivity index (χ2v) is 6.59. The van der Waals surface area contributed by atoms with Crippen LogP contribution in [-0.2, 0) is 19.6 Å². The van der Waals surface area contributed by atoms with Gasteiger partial charge in [-0.25, -0.2) is 13.1 Å². The Morgan fingerprint density at radius 2 is 2.00 bits per heavy atom. The van der Waals surface area contributed by atoms with Crippen molar-refractivity contribution in [3.05, 3.63) is 0 Å². The van der Waals surface area contributed by atoms with E-state index in [1.54, 1.807) is 0 Å². The largest absolute Gasteiger partial charge is 0.469 e. The minimum Gasteiger partial charge on any atom is -0.469 e. The average Bonchev–Trinajstić information content (AvgIpc) is 2.77. The summed E-state index contributed by atoms with van der Waals surface area (Å²) >= 11 is 0. The van der Waals surface area contributed by atoms with Crippen LogP contribution in [0.4, 0.5) is 0 Å². The molecule has 0 bridgehead atoms. The fourth-order valence-electron chi connectivity index (χ4n) is 2.23. The number of hydrogen-bond acceptors (Lipinski definition) is 5. The van der Waals surface area contributed by atoms with Gasteiger partial charge < -0.3 is 9.84 Å². The summed E-state index contributed by atoms with van der Waals surface area (Å²) in [6.07, 6.45) is 3.49. The van der Waals surface area contributed by atoms with Crippen molar-refractivity contribution in [2.24, 2.45) is 0 Å². The third-order valence-corrected chi connectivity index (χ3v) is 4.83. The van der Waals surface area contributed by atoms with Crippen LogP contribution in [0.2, 0.25) is 0 Å². The van der Waals surface area contributed by atoms with Gasteiger partial charge in [0, 0.05) is 6.42 Å². The molecule has 18 heavy (non-hydrogen) atoms. The van der Waals surface area contributed by atoms with Gasteiger partial charge in [0.1, 0.15) is 0 Å². The summed E-state index contributed by atoms with van der Waals surface area (Å²) in [5.41, 5.74) is -0.690. The topological polar surface area (TPSA) is 92.7 Å². The molecule has 0 amide bonds. The third-order valence-electron chi connectivity index (χ3n) is 3.26. The molecule has 6 nitrogen and oxygen atoms in total. The number of aliphatic hydroxyl groups excluding tert-OH is 1. The minimum absolute atomic E-state index is 0.0868. The molecule has 0 heterocycles. The molecule has 2 N–H and O–H groups in total. The molecule has 0 aliphatic heterocycles. The molecule has 106 valence electrons. The first-order valence-electron chi connectivity index (χ1n) is 6.12. The number of sulfonamides is 1. The fraction of sp³-hybridized carbons (Fsp3) is 0.909. The number of rotatable bonds is 7. The summed E-state index contributed by atoms with van der Waals surface area (Å²) in [5, 5.41) is 9.33. The van der Waals surface area contributed by atoms with Gasteiger partial charge in [-0.1, -0.05) is 12.8 Å². The molecule has 0 aromatic heterocycles. The molecule has 1 saturated carbocycles. The van der Waals surface area contributed by atoms with Gasteiger partial charge in [0.2, 0.25) is 10.0 Å². The predicted octanol–water partition coefficient (Wildman–Crippen LogP) is 0.164. The van der Waals surface area contributed by atoms with Crippen LogP contribution in [0.3, 0.4) is 0 Å². The molecule has 0 atom stereocenters. The van der Waals surface area contributed by atoms with E-state index >= 15 is 0 Å². The maximum Gasteiger partial charge on any atom is 0.305 e. The lowest BCUT2D eigenvalue weighted by atomic mass is 10.0. The number of hydrogen-bond donors (Lipinski definition) is 2. The zero-order valence-electron chi connectivity index (χ0n) is 10.6. The van der Waals surface area contributed by atoms with Gasteiger partial charge in [0.25, 0.3) is 0 Å². The Kier molecular flexibility index (Phi) is 5.55. The summed E-state index contributed by atoms with van der Waals surface area (Å²) < 4.78 is 30.7. The molecule has 0 unspecified atom stereocenters. The number of esters is 1. The maximum absolute atomic E-state index is 11.8. The van der Waals surface area contributed by atoms with E-state index in [2.05, 4.69) is 9.46 Å².